The summed E-state index contributed by atoms with van der Waals surface area (Å²) in [6, 6.07) is 4.78. The number of hydrogen-bond acceptors (Lipinski definition) is 2. The Labute approximate surface area is 109 Å². The number of nitrogens with zero attached hydrogens (tertiary/aromatic N) is 1. The van der Waals surface area contributed by atoms with Crippen molar-refractivity contribution >= 4 is 5.97 Å². The van der Waals surface area contributed by atoms with Crippen molar-refractivity contribution in [2.45, 2.75) is 25.1 Å². The van der Waals surface area contributed by atoms with Crippen LogP contribution in [-0.2, 0) is 16.5 Å². The average molecular weight is 275 g/mol. The first-order valence-electron chi connectivity index (χ1n) is 5.64. The zero-order valence-electron chi connectivity index (χ0n) is 11.0. The Kier molecular flexibility index (Phi) is 4.25. The number of carboxylic acids is 1. The molecule has 1 atom stereocenters. The third-order valence-electron chi connectivity index (χ3n) is 3.29. The van der Waals surface area contributed by atoms with Crippen LogP contribution in [0.3, 0.4) is 0 Å². The van der Waals surface area contributed by atoms with Crippen LogP contribution in [-0.4, -0.2) is 30.1 Å². The second-order valence-electron chi connectivity index (χ2n) is 4.82. The topological polar surface area (TPSA) is 40.5 Å². The van der Waals surface area contributed by atoms with Crippen LogP contribution >= 0.6 is 0 Å². The van der Waals surface area contributed by atoms with Crippen LogP contribution in [0.2, 0.25) is 0 Å². The highest BCUT2D eigenvalue weighted by atomic mass is 19.4. The maximum absolute atomic E-state index is 12.7. The van der Waals surface area contributed by atoms with Crippen LogP contribution in [0.25, 0.3) is 0 Å². The lowest BCUT2D eigenvalue weighted by Gasteiger charge is -2.36. The fourth-order valence-electron chi connectivity index (χ4n) is 1.84. The Morgan fingerprint density at radius 3 is 2.21 bits per heavy atom. The van der Waals surface area contributed by atoms with Crippen LogP contribution in [0.5, 0.6) is 0 Å². The number of carboxylic acid groups (broad SMARTS) is 1. The first-order chi connectivity index (χ1) is 8.57. The van der Waals surface area contributed by atoms with E-state index < -0.39 is 23.2 Å². The predicted octanol–water partition coefficient (Wildman–Crippen LogP) is 2.96. The summed E-state index contributed by atoms with van der Waals surface area (Å²) in [5, 5.41) is 8.94. The third-order valence-corrected chi connectivity index (χ3v) is 3.29. The zero-order chi connectivity index (χ0) is 14.8. The largest absolute Gasteiger partial charge is 0.481 e. The average Bonchev–Trinajstić information content (AvgIpc) is 2.26. The molecule has 0 aliphatic rings. The van der Waals surface area contributed by atoms with Crippen LogP contribution in [0.4, 0.5) is 13.2 Å². The molecule has 0 heterocycles. The van der Waals surface area contributed by atoms with Gasteiger partial charge in [-0.2, -0.15) is 13.2 Å². The summed E-state index contributed by atoms with van der Waals surface area (Å²) < 4.78 is 38.1. The molecule has 106 valence electrons. The third kappa shape index (κ3) is 3.47. The Hall–Kier alpha value is -1.56. The van der Waals surface area contributed by atoms with Gasteiger partial charge in [0.1, 0.15) is 0 Å². The van der Waals surface area contributed by atoms with E-state index in [-0.39, 0.29) is 6.42 Å². The van der Waals surface area contributed by atoms with Crippen LogP contribution < -0.4 is 0 Å². The van der Waals surface area contributed by atoms with E-state index in [1.54, 1.807) is 25.9 Å². The van der Waals surface area contributed by atoms with E-state index in [0.29, 0.717) is 5.56 Å². The fourth-order valence-corrected chi connectivity index (χ4v) is 1.84. The summed E-state index contributed by atoms with van der Waals surface area (Å²) in [4.78, 5) is 12.5. The lowest BCUT2D eigenvalue weighted by Crippen LogP contribution is -2.40. The molecule has 1 aromatic rings. The summed E-state index contributed by atoms with van der Waals surface area (Å²) in [5.41, 5.74) is -1.44. The highest BCUT2D eigenvalue weighted by molar-refractivity contribution is 5.68. The summed E-state index contributed by atoms with van der Waals surface area (Å²) in [5.74, 6) is -1.06. The molecule has 0 radical (unpaired) electrons. The van der Waals surface area contributed by atoms with E-state index in [4.69, 9.17) is 5.11 Å². The molecule has 0 saturated carbocycles. The normalized spacial score (nSPS) is 15.3. The molecule has 0 amide bonds. The Morgan fingerprint density at radius 1 is 1.26 bits per heavy atom. The molecule has 1 aromatic carbocycles. The molecule has 6 heteroatoms. The molecule has 0 spiro atoms. The molecule has 1 rings (SSSR count). The summed E-state index contributed by atoms with van der Waals surface area (Å²) in [6.07, 6.45) is -4.71. The highest BCUT2D eigenvalue weighted by Crippen LogP contribution is 2.35. The van der Waals surface area contributed by atoms with Gasteiger partial charge in [0, 0.05) is 0 Å². The lowest BCUT2D eigenvalue weighted by atomic mass is 9.86. The molecule has 1 N–H and O–H groups in total. The summed E-state index contributed by atoms with van der Waals surface area (Å²) in [6.45, 7) is 1.61. The lowest BCUT2D eigenvalue weighted by molar-refractivity contribution is -0.140. The van der Waals surface area contributed by atoms with Crippen LogP contribution in [0.15, 0.2) is 24.3 Å². The van der Waals surface area contributed by atoms with Crippen molar-refractivity contribution in [3.8, 4) is 0 Å². The molecule has 3 nitrogen and oxygen atoms in total. The van der Waals surface area contributed by atoms with E-state index in [9.17, 15) is 18.0 Å². The van der Waals surface area contributed by atoms with E-state index in [0.717, 1.165) is 12.1 Å². The van der Waals surface area contributed by atoms with Gasteiger partial charge in [-0.15, -0.1) is 0 Å². The van der Waals surface area contributed by atoms with Crippen molar-refractivity contribution in [3.63, 3.8) is 0 Å². The maximum Gasteiger partial charge on any atom is 0.416 e. The number of hydrogen-bond donors (Lipinski definition) is 1. The monoisotopic (exact) mass is 275 g/mol. The van der Waals surface area contributed by atoms with Crippen LogP contribution in [0.1, 0.15) is 24.5 Å². The molecule has 1 unspecified atom stereocenters. The number of aliphatic carboxylic acids is 1. The van der Waals surface area contributed by atoms with Crippen molar-refractivity contribution in [2.24, 2.45) is 0 Å². The van der Waals surface area contributed by atoms with Gasteiger partial charge in [0.2, 0.25) is 0 Å². The van der Waals surface area contributed by atoms with E-state index in [1.807, 2.05) is 0 Å². The van der Waals surface area contributed by atoms with Gasteiger partial charge in [0.25, 0.3) is 0 Å². The summed E-state index contributed by atoms with van der Waals surface area (Å²) in [7, 11) is 3.28. The molecule has 0 bridgehead atoms. The Morgan fingerprint density at radius 2 is 1.79 bits per heavy atom. The van der Waals surface area contributed by atoms with Gasteiger partial charge >= 0.3 is 12.1 Å². The standard InChI is InChI=1S/C13H16F3NO2/c1-12(17(2)3,8-11(18)19)9-5-4-6-10(7-9)13(14,15)16/h4-7H,8H2,1-3H3,(H,18,19). The van der Waals surface area contributed by atoms with Crippen molar-refractivity contribution in [3.05, 3.63) is 35.4 Å². The van der Waals surface area contributed by atoms with Gasteiger partial charge < -0.3 is 5.11 Å². The Balaban J connectivity index is 3.28. The zero-order valence-corrected chi connectivity index (χ0v) is 11.0. The Bertz CT molecular complexity index is 471. The van der Waals surface area contributed by atoms with E-state index >= 15 is 0 Å². The molecule has 19 heavy (non-hydrogen) atoms. The molecule has 0 aromatic heterocycles. The van der Waals surface area contributed by atoms with Crippen LogP contribution in [0, 0.1) is 0 Å². The fraction of sp³-hybridized carbons (Fsp3) is 0.462. The molecular weight excluding hydrogens is 259 g/mol. The second-order valence-corrected chi connectivity index (χ2v) is 4.82. The number of carbonyl (C=O) groups is 1. The van der Waals surface area contributed by atoms with Crippen molar-refractivity contribution < 1.29 is 23.1 Å². The molecule has 0 aliphatic carbocycles. The van der Waals surface area contributed by atoms with Gasteiger partial charge in [0.15, 0.2) is 0 Å². The van der Waals surface area contributed by atoms with Gasteiger partial charge in [-0.25, -0.2) is 0 Å². The van der Waals surface area contributed by atoms with Crippen molar-refractivity contribution in [1.82, 2.24) is 4.90 Å². The highest BCUT2D eigenvalue weighted by Gasteiger charge is 2.35. The smallest absolute Gasteiger partial charge is 0.416 e. The molecule has 0 fully saturated rings. The van der Waals surface area contributed by atoms with Gasteiger partial charge in [-0.05, 0) is 38.7 Å². The maximum atomic E-state index is 12.7. The second kappa shape index (κ2) is 5.21. The minimum atomic E-state index is -4.44. The van der Waals surface area contributed by atoms with E-state index in [1.165, 1.54) is 12.1 Å². The molecule has 0 saturated heterocycles. The number of rotatable bonds is 4. The molecular formula is C13H16F3NO2. The number of alkyl halides is 3. The quantitative estimate of drug-likeness (QED) is 0.918. The number of halogens is 3. The van der Waals surface area contributed by atoms with E-state index in [2.05, 4.69) is 0 Å². The first kappa shape index (κ1) is 15.5. The molecule has 0 aliphatic heterocycles. The number of benzene rings is 1. The van der Waals surface area contributed by atoms with Gasteiger partial charge in [0.05, 0.1) is 17.5 Å². The first-order valence-corrected chi connectivity index (χ1v) is 5.64. The SMILES string of the molecule is CN(C)C(C)(CC(=O)O)c1cccc(C(F)(F)F)c1. The van der Waals surface area contributed by atoms with Crippen molar-refractivity contribution in [2.75, 3.05) is 14.1 Å². The minimum Gasteiger partial charge on any atom is -0.481 e. The minimum absolute atomic E-state index is 0.276. The van der Waals surface area contributed by atoms with Gasteiger partial charge in [-0.3, -0.25) is 9.69 Å². The predicted molar refractivity (Wildman–Crippen MR) is 64.7 cm³/mol. The van der Waals surface area contributed by atoms with Gasteiger partial charge in [-0.1, -0.05) is 12.1 Å². The van der Waals surface area contributed by atoms with Crippen molar-refractivity contribution in [1.29, 1.82) is 0 Å². The summed E-state index contributed by atoms with van der Waals surface area (Å²) >= 11 is 0.